The van der Waals surface area contributed by atoms with Gasteiger partial charge in [-0.15, -0.1) is 11.8 Å². The molecule has 0 saturated heterocycles. The van der Waals surface area contributed by atoms with Crippen LogP contribution in [0.5, 0.6) is 0 Å². The van der Waals surface area contributed by atoms with Gasteiger partial charge in [0, 0.05) is 27.2 Å². The van der Waals surface area contributed by atoms with Gasteiger partial charge in [-0.2, -0.15) is 0 Å². The Morgan fingerprint density at radius 1 is 0.703 bits per heavy atom. The molecule has 5 aromatic rings. The number of rotatable bonds is 7. The molecule has 0 aliphatic rings. The summed E-state index contributed by atoms with van der Waals surface area (Å²) in [4.78, 5) is 27.3. The van der Waals surface area contributed by atoms with Crippen LogP contribution in [0.15, 0.2) is 126 Å². The smallest absolute Gasteiger partial charge is 0.255 e. The predicted molar refractivity (Wildman–Crippen MR) is 153 cm³/mol. The van der Waals surface area contributed by atoms with Gasteiger partial charge in [0.1, 0.15) is 5.25 Å². The van der Waals surface area contributed by atoms with Crippen molar-refractivity contribution in [2.75, 3.05) is 10.6 Å². The van der Waals surface area contributed by atoms with Gasteiger partial charge in [0.2, 0.25) is 5.91 Å². The van der Waals surface area contributed by atoms with Crippen molar-refractivity contribution in [2.45, 2.75) is 17.1 Å². The van der Waals surface area contributed by atoms with E-state index >= 15 is 0 Å². The summed E-state index contributed by atoms with van der Waals surface area (Å²) in [7, 11) is 0. The zero-order valence-corrected chi connectivity index (χ0v) is 21.2. The molecule has 2 N–H and O–H groups in total. The fourth-order valence-electron chi connectivity index (χ4n) is 4.21. The normalized spacial score (nSPS) is 11.6. The van der Waals surface area contributed by atoms with E-state index in [1.54, 1.807) is 6.07 Å². The molecule has 0 spiro atoms. The Bertz CT molecular complexity index is 1560. The van der Waals surface area contributed by atoms with Crippen molar-refractivity contribution in [1.82, 2.24) is 0 Å². The molecule has 1 unspecified atom stereocenters. The van der Waals surface area contributed by atoms with Crippen LogP contribution in [0, 0.1) is 6.92 Å². The maximum Gasteiger partial charge on any atom is 0.255 e. The summed E-state index contributed by atoms with van der Waals surface area (Å²) in [6.45, 7) is 1.96. The molecule has 0 heterocycles. The van der Waals surface area contributed by atoms with Crippen LogP contribution in [0.1, 0.15) is 26.7 Å². The second-order valence-electron chi connectivity index (χ2n) is 8.78. The SMILES string of the molecule is Cc1cccc(C(=O)Nc2cccc(SC(C(=O)Nc3cccc4ccccc34)c3ccccc3)c2)c1. The van der Waals surface area contributed by atoms with E-state index in [1.165, 1.54) is 11.8 Å². The van der Waals surface area contributed by atoms with E-state index in [2.05, 4.69) is 10.6 Å². The van der Waals surface area contributed by atoms with Crippen LogP contribution in [0.3, 0.4) is 0 Å². The minimum absolute atomic E-state index is 0.109. The molecule has 0 aliphatic carbocycles. The second kappa shape index (κ2) is 11.1. The fourth-order valence-corrected chi connectivity index (χ4v) is 5.29. The molecule has 5 aromatic carbocycles. The molecular weight excluding hydrogens is 476 g/mol. The average Bonchev–Trinajstić information content (AvgIpc) is 2.92. The fraction of sp³-hybridized carbons (Fsp3) is 0.0625. The summed E-state index contributed by atoms with van der Waals surface area (Å²) < 4.78 is 0. The molecule has 0 saturated carbocycles. The first-order chi connectivity index (χ1) is 18.1. The number of benzene rings is 5. The second-order valence-corrected chi connectivity index (χ2v) is 9.95. The van der Waals surface area contributed by atoms with Gasteiger partial charge in [0.15, 0.2) is 0 Å². The van der Waals surface area contributed by atoms with Gasteiger partial charge in [0.25, 0.3) is 5.91 Å². The number of aryl methyl sites for hydroxylation is 1. The van der Waals surface area contributed by atoms with Crippen LogP contribution in [0.4, 0.5) is 11.4 Å². The number of anilines is 2. The summed E-state index contributed by atoms with van der Waals surface area (Å²) >= 11 is 1.45. The summed E-state index contributed by atoms with van der Waals surface area (Å²) in [6.07, 6.45) is 0. The number of nitrogens with one attached hydrogen (secondary N) is 2. The van der Waals surface area contributed by atoms with Gasteiger partial charge in [-0.1, -0.05) is 90.5 Å². The lowest BCUT2D eigenvalue weighted by Crippen LogP contribution is -2.19. The van der Waals surface area contributed by atoms with Crippen LogP contribution in [0.2, 0.25) is 0 Å². The van der Waals surface area contributed by atoms with Crippen molar-refractivity contribution in [3.8, 4) is 0 Å². The first-order valence-electron chi connectivity index (χ1n) is 12.1. The highest BCUT2D eigenvalue weighted by molar-refractivity contribution is 8.00. The standard InChI is InChI=1S/C32H26N2O2S/c1-22-10-7-15-25(20-22)31(35)33-26-16-9-17-27(21-26)37-30(24-12-3-2-4-13-24)32(36)34-29-19-8-14-23-11-5-6-18-28(23)29/h2-21,30H,1H3,(H,33,35)(H,34,36). The van der Waals surface area contributed by atoms with Gasteiger partial charge >= 0.3 is 0 Å². The molecule has 0 aliphatic heterocycles. The van der Waals surface area contributed by atoms with E-state index in [0.29, 0.717) is 11.3 Å². The molecule has 5 rings (SSSR count). The topological polar surface area (TPSA) is 58.2 Å². The third-order valence-electron chi connectivity index (χ3n) is 6.01. The molecule has 5 heteroatoms. The number of amides is 2. The van der Waals surface area contributed by atoms with Crippen LogP contribution < -0.4 is 10.6 Å². The number of carbonyl (C=O) groups is 2. The summed E-state index contributed by atoms with van der Waals surface area (Å²) in [6, 6.07) is 38.7. The van der Waals surface area contributed by atoms with E-state index < -0.39 is 5.25 Å². The Morgan fingerprint density at radius 3 is 2.27 bits per heavy atom. The first kappa shape index (κ1) is 24.3. The molecule has 2 amide bonds. The molecule has 0 radical (unpaired) electrons. The van der Waals surface area contributed by atoms with E-state index in [-0.39, 0.29) is 11.8 Å². The third kappa shape index (κ3) is 5.90. The molecule has 1 atom stereocenters. The maximum absolute atomic E-state index is 13.6. The van der Waals surface area contributed by atoms with Gasteiger partial charge < -0.3 is 10.6 Å². The highest BCUT2D eigenvalue weighted by Crippen LogP contribution is 2.38. The van der Waals surface area contributed by atoms with Crippen molar-refractivity contribution in [2.24, 2.45) is 0 Å². The Labute approximate surface area is 220 Å². The Morgan fingerprint density at radius 2 is 1.43 bits per heavy atom. The lowest BCUT2D eigenvalue weighted by Gasteiger charge is -2.18. The minimum atomic E-state index is -0.483. The average molecular weight is 503 g/mol. The van der Waals surface area contributed by atoms with Gasteiger partial charge in [-0.25, -0.2) is 0 Å². The highest BCUT2D eigenvalue weighted by Gasteiger charge is 2.23. The molecule has 37 heavy (non-hydrogen) atoms. The summed E-state index contributed by atoms with van der Waals surface area (Å²) in [5.74, 6) is -0.277. The number of thioether (sulfide) groups is 1. The lowest BCUT2D eigenvalue weighted by atomic mass is 10.1. The predicted octanol–water partition coefficient (Wildman–Crippen LogP) is 7.87. The number of hydrogen-bond acceptors (Lipinski definition) is 3. The Balaban J connectivity index is 1.39. The summed E-state index contributed by atoms with van der Waals surface area (Å²) in [5, 5.41) is 7.71. The Kier molecular flexibility index (Phi) is 7.33. The van der Waals surface area contributed by atoms with E-state index in [0.717, 1.165) is 32.5 Å². The molecule has 0 fully saturated rings. The monoisotopic (exact) mass is 502 g/mol. The van der Waals surface area contributed by atoms with Crippen molar-refractivity contribution in [3.05, 3.63) is 138 Å². The van der Waals surface area contributed by atoms with E-state index in [4.69, 9.17) is 0 Å². The first-order valence-corrected chi connectivity index (χ1v) is 12.9. The lowest BCUT2D eigenvalue weighted by molar-refractivity contribution is -0.115. The summed E-state index contributed by atoms with van der Waals surface area (Å²) in [5.41, 5.74) is 4.00. The largest absolute Gasteiger partial charge is 0.324 e. The molecule has 0 bridgehead atoms. The van der Waals surface area contributed by atoms with Crippen LogP contribution >= 0.6 is 11.8 Å². The Hall–Kier alpha value is -4.35. The van der Waals surface area contributed by atoms with Crippen molar-refractivity contribution >= 4 is 45.7 Å². The van der Waals surface area contributed by atoms with Gasteiger partial charge in [0.05, 0.1) is 0 Å². The maximum atomic E-state index is 13.6. The molecule has 0 aromatic heterocycles. The quantitative estimate of drug-likeness (QED) is 0.223. The van der Waals surface area contributed by atoms with Crippen LogP contribution in [-0.2, 0) is 4.79 Å². The molecular formula is C32H26N2O2S. The number of hydrogen-bond donors (Lipinski definition) is 2. The van der Waals surface area contributed by atoms with Crippen LogP contribution in [0.25, 0.3) is 10.8 Å². The highest BCUT2D eigenvalue weighted by atomic mass is 32.2. The number of fused-ring (bicyclic) bond motifs is 1. The van der Waals surface area contributed by atoms with E-state index in [1.807, 2.05) is 122 Å². The van der Waals surface area contributed by atoms with Crippen molar-refractivity contribution < 1.29 is 9.59 Å². The van der Waals surface area contributed by atoms with Crippen molar-refractivity contribution in [3.63, 3.8) is 0 Å². The van der Waals surface area contributed by atoms with Gasteiger partial charge in [-0.05, 0) is 54.3 Å². The van der Waals surface area contributed by atoms with Crippen molar-refractivity contribution in [1.29, 1.82) is 0 Å². The molecule has 4 nitrogen and oxygen atoms in total. The van der Waals surface area contributed by atoms with E-state index in [9.17, 15) is 9.59 Å². The number of carbonyl (C=O) groups excluding carboxylic acids is 2. The zero-order chi connectivity index (χ0) is 25.6. The third-order valence-corrected chi connectivity index (χ3v) is 7.26. The van der Waals surface area contributed by atoms with Crippen LogP contribution in [-0.4, -0.2) is 11.8 Å². The molecule has 182 valence electrons. The van der Waals surface area contributed by atoms with Gasteiger partial charge in [-0.3, -0.25) is 9.59 Å². The zero-order valence-electron chi connectivity index (χ0n) is 20.3. The minimum Gasteiger partial charge on any atom is -0.324 e.